The Hall–Kier alpha value is -3.77. The Morgan fingerprint density at radius 1 is 0.968 bits per heavy atom. The van der Waals surface area contributed by atoms with Gasteiger partial charge in [-0.3, -0.25) is 10.8 Å². The topological polar surface area (TPSA) is 79.0 Å². The second kappa shape index (κ2) is 9.36. The van der Waals surface area contributed by atoms with Crippen LogP contribution < -0.4 is 4.74 Å². The van der Waals surface area contributed by atoms with Gasteiger partial charge in [-0.15, -0.1) is 11.3 Å². The summed E-state index contributed by atoms with van der Waals surface area (Å²) in [5, 5.41) is 18.9. The van der Waals surface area contributed by atoms with Crippen LogP contribution in [0.2, 0.25) is 0 Å². The van der Waals surface area contributed by atoms with E-state index in [4.69, 9.17) is 20.3 Å². The summed E-state index contributed by atoms with van der Waals surface area (Å²) in [6.45, 7) is 1.88. The number of nitrogens with zero attached hydrogens (tertiary/aromatic N) is 1. The molecule has 0 bridgehead atoms. The van der Waals surface area contributed by atoms with Gasteiger partial charge in [0.25, 0.3) is 0 Å². The molecule has 0 aliphatic carbocycles. The largest absolute Gasteiger partial charge is 0.487 e. The van der Waals surface area contributed by atoms with Crippen LogP contribution in [0.4, 0.5) is 0 Å². The van der Waals surface area contributed by atoms with Crippen molar-refractivity contribution in [3.05, 3.63) is 94.3 Å². The van der Waals surface area contributed by atoms with Crippen LogP contribution in [0.5, 0.6) is 5.75 Å². The van der Waals surface area contributed by atoms with Gasteiger partial charge in [-0.25, -0.2) is 4.98 Å². The minimum absolute atomic E-state index is 0.0232. The van der Waals surface area contributed by atoms with E-state index in [1.54, 1.807) is 11.3 Å². The maximum absolute atomic E-state index is 8.26. The molecule has 154 valence electrons. The van der Waals surface area contributed by atoms with Crippen molar-refractivity contribution >= 4 is 45.7 Å². The summed E-state index contributed by atoms with van der Waals surface area (Å²) in [4.78, 5) is 5.64. The molecule has 5 nitrogen and oxygen atoms in total. The molecule has 0 aliphatic rings. The van der Waals surface area contributed by atoms with Gasteiger partial charge < -0.3 is 9.47 Å². The minimum Gasteiger partial charge on any atom is -0.487 e. The van der Waals surface area contributed by atoms with Gasteiger partial charge in [0.2, 0.25) is 5.90 Å². The molecule has 31 heavy (non-hydrogen) atoms. The van der Waals surface area contributed by atoms with Crippen LogP contribution in [0.25, 0.3) is 22.6 Å². The van der Waals surface area contributed by atoms with Gasteiger partial charge in [-0.2, -0.15) is 0 Å². The highest BCUT2D eigenvalue weighted by Gasteiger charge is 2.12. The summed E-state index contributed by atoms with van der Waals surface area (Å²) < 4.78 is 11.2. The molecule has 0 unspecified atom stereocenters. The van der Waals surface area contributed by atoms with E-state index in [1.807, 2.05) is 84.3 Å². The van der Waals surface area contributed by atoms with E-state index in [-0.39, 0.29) is 11.8 Å². The smallest absolute Gasteiger partial charge is 0.221 e. The third-order valence-electron chi connectivity index (χ3n) is 4.54. The number of nitrogens with one attached hydrogen (secondary N) is 2. The first-order chi connectivity index (χ1) is 15.1. The molecular formula is C25H21N3O2S. The van der Waals surface area contributed by atoms with Crippen molar-refractivity contribution in [3.63, 3.8) is 0 Å². The summed E-state index contributed by atoms with van der Waals surface area (Å²) in [7, 11) is 0. The van der Waals surface area contributed by atoms with Gasteiger partial charge in [-0.05, 0) is 47.4 Å². The number of benzene rings is 2. The molecule has 4 rings (SSSR count). The van der Waals surface area contributed by atoms with E-state index < -0.39 is 0 Å². The van der Waals surface area contributed by atoms with Crippen LogP contribution in [0.1, 0.15) is 23.1 Å². The van der Waals surface area contributed by atoms with Crippen LogP contribution in [0.15, 0.2) is 78.2 Å². The van der Waals surface area contributed by atoms with Gasteiger partial charge in [-0.1, -0.05) is 42.5 Å². The minimum atomic E-state index is -0.0602. The molecule has 2 N–H and O–H groups in total. The zero-order valence-electron chi connectivity index (χ0n) is 17.0. The van der Waals surface area contributed by atoms with Crippen LogP contribution in [0.3, 0.4) is 0 Å². The van der Waals surface area contributed by atoms with Gasteiger partial charge in [0, 0.05) is 22.8 Å². The molecule has 2 aromatic heterocycles. The first kappa shape index (κ1) is 20.5. The summed E-state index contributed by atoms with van der Waals surface area (Å²) in [5.74, 6) is 0.629. The van der Waals surface area contributed by atoms with Gasteiger partial charge in [0.05, 0.1) is 11.2 Å². The predicted molar refractivity (Wildman–Crippen MR) is 127 cm³/mol. The molecule has 4 aromatic rings. The molecule has 2 heterocycles. The number of para-hydroxylation sites is 1. The number of thiophene rings is 1. The fourth-order valence-corrected chi connectivity index (χ4v) is 3.74. The molecule has 0 saturated heterocycles. The summed E-state index contributed by atoms with van der Waals surface area (Å²) in [5.41, 5.74) is 3.23. The Morgan fingerprint density at radius 2 is 1.77 bits per heavy atom. The normalized spacial score (nSPS) is 11.3. The maximum Gasteiger partial charge on any atom is 0.221 e. The maximum atomic E-state index is 8.26. The van der Waals surface area contributed by atoms with Crippen LogP contribution in [0, 0.1) is 10.8 Å². The summed E-state index contributed by atoms with van der Waals surface area (Å²) in [6.07, 6.45) is 1.89. The number of fused-ring (bicyclic) bond motifs is 1. The second-order valence-corrected chi connectivity index (χ2v) is 7.85. The Labute approximate surface area is 184 Å². The predicted octanol–water partition coefficient (Wildman–Crippen LogP) is 6.41. The fraction of sp³-hybridized carbons (Fsp3) is 0.0800. The lowest BCUT2D eigenvalue weighted by Crippen LogP contribution is -2.09. The summed E-state index contributed by atoms with van der Waals surface area (Å²) in [6, 6.07) is 23.4. The first-order valence-corrected chi connectivity index (χ1v) is 10.6. The molecule has 0 spiro atoms. The molecule has 6 heteroatoms. The van der Waals surface area contributed by atoms with Gasteiger partial charge in [0.1, 0.15) is 12.4 Å². The number of hydrogen-bond acceptors (Lipinski definition) is 6. The highest BCUT2D eigenvalue weighted by Crippen LogP contribution is 2.25. The highest BCUT2D eigenvalue weighted by molar-refractivity contribution is 7.11. The molecule has 0 amide bonds. The number of rotatable bonds is 6. The van der Waals surface area contributed by atoms with Crippen molar-refractivity contribution in [3.8, 4) is 5.75 Å². The van der Waals surface area contributed by atoms with E-state index in [0.29, 0.717) is 17.9 Å². The van der Waals surface area contributed by atoms with E-state index in [0.717, 1.165) is 27.0 Å². The molecule has 0 saturated carbocycles. The fourth-order valence-electron chi connectivity index (χ4n) is 3.08. The lowest BCUT2D eigenvalue weighted by Gasteiger charge is -2.11. The monoisotopic (exact) mass is 427 g/mol. The standard InChI is InChI=1S/C25H21N3O2S/c1-17(26)30-25(27)23(15-22-6-4-14-31-22)18-9-12-21(13-10-18)29-16-20-11-8-19-5-2-3-7-24(19)28-20/h2-15,26-27H,16H2,1H3. The Morgan fingerprint density at radius 3 is 2.52 bits per heavy atom. The Bertz CT molecular complexity index is 1250. The van der Waals surface area contributed by atoms with Crippen molar-refractivity contribution < 1.29 is 9.47 Å². The van der Waals surface area contributed by atoms with Crippen LogP contribution in [-0.4, -0.2) is 16.8 Å². The van der Waals surface area contributed by atoms with Gasteiger partial charge >= 0.3 is 0 Å². The number of pyridine rings is 1. The van der Waals surface area contributed by atoms with Crippen molar-refractivity contribution in [2.75, 3.05) is 0 Å². The van der Waals surface area contributed by atoms with Gasteiger partial charge in [0.15, 0.2) is 5.90 Å². The van der Waals surface area contributed by atoms with Crippen molar-refractivity contribution in [1.29, 1.82) is 10.8 Å². The average Bonchev–Trinajstić information content (AvgIpc) is 3.29. The number of aromatic nitrogens is 1. The van der Waals surface area contributed by atoms with E-state index in [2.05, 4.69) is 4.98 Å². The number of ether oxygens (including phenoxy) is 2. The van der Waals surface area contributed by atoms with Crippen LogP contribution in [-0.2, 0) is 11.3 Å². The molecule has 2 aromatic carbocycles. The third-order valence-corrected chi connectivity index (χ3v) is 5.36. The molecular weight excluding hydrogens is 406 g/mol. The second-order valence-electron chi connectivity index (χ2n) is 6.87. The molecule has 0 atom stereocenters. The molecule has 0 radical (unpaired) electrons. The Balaban J connectivity index is 1.50. The average molecular weight is 428 g/mol. The van der Waals surface area contributed by atoms with Crippen molar-refractivity contribution in [1.82, 2.24) is 4.98 Å². The van der Waals surface area contributed by atoms with Crippen molar-refractivity contribution in [2.45, 2.75) is 13.5 Å². The summed E-state index contributed by atoms with van der Waals surface area (Å²) >= 11 is 1.58. The quantitative estimate of drug-likeness (QED) is 0.276. The zero-order chi connectivity index (χ0) is 21.6. The van der Waals surface area contributed by atoms with E-state index in [1.165, 1.54) is 6.92 Å². The zero-order valence-corrected chi connectivity index (χ0v) is 17.8. The van der Waals surface area contributed by atoms with Crippen LogP contribution >= 0.6 is 11.3 Å². The third kappa shape index (κ3) is 5.24. The highest BCUT2D eigenvalue weighted by atomic mass is 32.1. The first-order valence-electron chi connectivity index (χ1n) is 9.73. The molecule has 0 fully saturated rings. The number of hydrogen-bond donors (Lipinski definition) is 2. The van der Waals surface area contributed by atoms with E-state index in [9.17, 15) is 0 Å². The SMILES string of the molecule is CC(=N)OC(=N)C(=Cc1cccs1)c1ccc(OCc2ccc3ccccc3n2)cc1. The molecule has 0 aliphatic heterocycles. The lowest BCUT2D eigenvalue weighted by atomic mass is 10.0. The lowest BCUT2D eigenvalue weighted by molar-refractivity contribution is 0.302. The van der Waals surface area contributed by atoms with E-state index >= 15 is 0 Å². The Kier molecular flexibility index (Phi) is 6.19. The van der Waals surface area contributed by atoms with Crippen molar-refractivity contribution in [2.24, 2.45) is 0 Å².